The smallest absolute Gasteiger partial charge is 0.425 e. The molecular formula is C32H36N6O3. The van der Waals surface area contributed by atoms with E-state index in [0.717, 1.165) is 36.3 Å². The van der Waals surface area contributed by atoms with E-state index in [1.54, 1.807) is 30.5 Å². The highest BCUT2D eigenvalue weighted by molar-refractivity contribution is 5.98. The molecule has 1 saturated heterocycles. The maximum atomic E-state index is 13.7. The van der Waals surface area contributed by atoms with Crippen molar-refractivity contribution in [3.63, 3.8) is 0 Å². The summed E-state index contributed by atoms with van der Waals surface area (Å²) in [5.74, 6) is 1.52. The van der Waals surface area contributed by atoms with Gasteiger partial charge in [0.2, 0.25) is 5.95 Å². The van der Waals surface area contributed by atoms with Gasteiger partial charge in [-0.2, -0.15) is 4.98 Å². The molecular weight excluding hydrogens is 516 g/mol. The fraction of sp³-hybridized carbons (Fsp3) is 0.281. The zero-order valence-electron chi connectivity index (χ0n) is 24.2. The lowest BCUT2D eigenvalue weighted by Crippen LogP contribution is -2.31. The molecule has 0 saturated carbocycles. The Kier molecular flexibility index (Phi) is 8.35. The van der Waals surface area contributed by atoms with Gasteiger partial charge < -0.3 is 24.6 Å². The molecule has 9 heteroatoms. The minimum absolute atomic E-state index is 0.318. The van der Waals surface area contributed by atoms with Crippen LogP contribution in [0, 0.1) is 13.8 Å². The number of likely N-dealkylation sites (N-methyl/N-ethyl adjacent to an activating group) is 1. The number of para-hydroxylation sites is 3. The summed E-state index contributed by atoms with van der Waals surface area (Å²) in [6.07, 6.45) is 2.17. The number of carbonyl (C=O) groups excluding carboxylic acids is 1. The number of anilines is 5. The Balaban J connectivity index is 1.41. The molecule has 41 heavy (non-hydrogen) atoms. The Morgan fingerprint density at radius 2 is 1.66 bits per heavy atom. The van der Waals surface area contributed by atoms with Crippen LogP contribution >= 0.6 is 0 Å². The van der Waals surface area contributed by atoms with Crippen LogP contribution in [0.25, 0.3) is 0 Å². The molecule has 9 nitrogen and oxygen atoms in total. The van der Waals surface area contributed by atoms with Gasteiger partial charge in [-0.1, -0.05) is 30.3 Å². The Labute approximate surface area is 241 Å². The topological polar surface area (TPSA) is 83.1 Å². The second kappa shape index (κ2) is 12.3. The van der Waals surface area contributed by atoms with E-state index in [2.05, 4.69) is 46.3 Å². The minimum atomic E-state index is -0.609. The quantitative estimate of drug-likeness (QED) is 0.272. The summed E-state index contributed by atoms with van der Waals surface area (Å²) in [6, 6.07) is 23.4. The lowest BCUT2D eigenvalue weighted by atomic mass is 10.1. The van der Waals surface area contributed by atoms with E-state index in [9.17, 15) is 4.79 Å². The summed E-state index contributed by atoms with van der Waals surface area (Å²) in [4.78, 5) is 29.0. The van der Waals surface area contributed by atoms with E-state index in [0.29, 0.717) is 35.0 Å². The van der Waals surface area contributed by atoms with Crippen molar-refractivity contribution in [3.8, 4) is 11.5 Å². The highest BCUT2D eigenvalue weighted by Crippen LogP contribution is 2.34. The Hall–Kier alpha value is -4.63. The molecule has 0 spiro atoms. The molecule has 5 rings (SSSR count). The maximum Gasteiger partial charge on any atom is 0.425 e. The zero-order valence-corrected chi connectivity index (χ0v) is 24.2. The van der Waals surface area contributed by atoms with Gasteiger partial charge in [-0.3, -0.25) is 0 Å². The highest BCUT2D eigenvalue weighted by Gasteiger charge is 2.27. The molecule has 0 radical (unpaired) electrons. The molecule has 1 aliphatic rings. The highest BCUT2D eigenvalue weighted by atomic mass is 16.6. The number of benzene rings is 3. The fourth-order valence-electron chi connectivity index (χ4n) is 5.12. The van der Waals surface area contributed by atoms with Crippen molar-refractivity contribution in [2.45, 2.75) is 26.3 Å². The number of aromatic nitrogens is 2. The Morgan fingerprint density at radius 3 is 2.32 bits per heavy atom. The zero-order chi connectivity index (χ0) is 28.9. The Bertz CT molecular complexity index is 1490. The molecule has 1 amide bonds. The van der Waals surface area contributed by atoms with Gasteiger partial charge in [0.25, 0.3) is 0 Å². The lowest BCUT2D eigenvalue weighted by molar-refractivity contribution is 0.208. The van der Waals surface area contributed by atoms with Crippen LogP contribution in [0.1, 0.15) is 17.5 Å². The standard InChI is InChI=1S/C32H36N6O3/c1-22-9-8-10-23(2)30(22)38(32(39)41-28-12-7-6-11-27(28)40-5)29-17-19-33-31(35-29)34-24-13-15-25(16-14-24)37-20-18-26(21-37)36(3)4/h6-17,19,26H,18,20-21H2,1-5H3,(H,33,34,35)/t26-/m1/s1. The third-order valence-electron chi connectivity index (χ3n) is 7.36. The van der Waals surface area contributed by atoms with Gasteiger partial charge >= 0.3 is 6.09 Å². The number of amides is 1. The number of hydrogen-bond donors (Lipinski definition) is 1. The van der Waals surface area contributed by atoms with Crippen LogP contribution in [0.3, 0.4) is 0 Å². The van der Waals surface area contributed by atoms with E-state index in [4.69, 9.17) is 14.5 Å². The number of aryl methyl sites for hydroxylation is 2. The Morgan fingerprint density at radius 1 is 0.951 bits per heavy atom. The monoisotopic (exact) mass is 552 g/mol. The summed E-state index contributed by atoms with van der Waals surface area (Å²) < 4.78 is 11.2. The van der Waals surface area contributed by atoms with E-state index in [1.807, 2.05) is 50.2 Å². The number of hydrogen-bond acceptors (Lipinski definition) is 8. The second-order valence-electron chi connectivity index (χ2n) is 10.4. The number of nitrogens with one attached hydrogen (secondary N) is 1. The first-order valence-electron chi connectivity index (χ1n) is 13.7. The van der Waals surface area contributed by atoms with E-state index in [-0.39, 0.29) is 0 Å². The minimum Gasteiger partial charge on any atom is -0.493 e. The molecule has 0 aliphatic carbocycles. The molecule has 1 aromatic heterocycles. The number of methoxy groups -OCH3 is 1. The largest absolute Gasteiger partial charge is 0.493 e. The summed E-state index contributed by atoms with van der Waals surface area (Å²) in [6.45, 7) is 5.97. The summed E-state index contributed by atoms with van der Waals surface area (Å²) in [5.41, 5.74) is 4.55. The van der Waals surface area contributed by atoms with Crippen LogP contribution in [0.4, 0.5) is 33.6 Å². The first-order chi connectivity index (χ1) is 19.8. The SMILES string of the molecule is COc1ccccc1OC(=O)N(c1ccnc(Nc2ccc(N3CC[C@@H](N(C)C)C3)cc2)n1)c1c(C)cccc1C. The van der Waals surface area contributed by atoms with Crippen molar-refractivity contribution in [1.29, 1.82) is 0 Å². The molecule has 0 bridgehead atoms. The third kappa shape index (κ3) is 6.25. The maximum absolute atomic E-state index is 13.7. The van der Waals surface area contributed by atoms with Crippen LogP contribution in [-0.4, -0.2) is 61.3 Å². The summed E-state index contributed by atoms with van der Waals surface area (Å²) in [7, 11) is 5.81. The van der Waals surface area contributed by atoms with Gasteiger partial charge in [0.15, 0.2) is 11.5 Å². The van der Waals surface area contributed by atoms with Gasteiger partial charge in [-0.15, -0.1) is 0 Å². The average molecular weight is 553 g/mol. The van der Waals surface area contributed by atoms with Crippen molar-refractivity contribution < 1.29 is 14.3 Å². The van der Waals surface area contributed by atoms with Gasteiger partial charge in [-0.25, -0.2) is 14.7 Å². The molecule has 212 valence electrons. The van der Waals surface area contributed by atoms with E-state index >= 15 is 0 Å². The normalized spacial score (nSPS) is 14.7. The van der Waals surface area contributed by atoms with E-state index < -0.39 is 6.09 Å². The molecule has 0 unspecified atom stereocenters. The van der Waals surface area contributed by atoms with Crippen molar-refractivity contribution in [1.82, 2.24) is 14.9 Å². The van der Waals surface area contributed by atoms with Gasteiger partial charge in [0.1, 0.15) is 5.82 Å². The lowest BCUT2D eigenvalue weighted by Gasteiger charge is -2.25. The van der Waals surface area contributed by atoms with E-state index in [1.165, 1.54) is 17.7 Å². The van der Waals surface area contributed by atoms with Crippen LogP contribution in [0.5, 0.6) is 11.5 Å². The van der Waals surface area contributed by atoms with Crippen LogP contribution in [0.15, 0.2) is 79.0 Å². The van der Waals surface area contributed by atoms with Crippen molar-refractivity contribution in [3.05, 3.63) is 90.1 Å². The van der Waals surface area contributed by atoms with Gasteiger partial charge in [-0.05, 0) is 81.9 Å². The average Bonchev–Trinajstić information content (AvgIpc) is 3.47. The number of rotatable bonds is 8. The number of nitrogens with zero attached hydrogens (tertiary/aromatic N) is 5. The second-order valence-corrected chi connectivity index (χ2v) is 10.4. The fourth-order valence-corrected chi connectivity index (χ4v) is 5.12. The van der Waals surface area contributed by atoms with Crippen LogP contribution < -0.4 is 24.6 Å². The first-order valence-corrected chi connectivity index (χ1v) is 13.7. The number of carbonyl (C=O) groups is 1. The first kappa shape index (κ1) is 27.9. The molecule has 3 aromatic carbocycles. The molecule has 1 aliphatic heterocycles. The predicted molar refractivity (Wildman–Crippen MR) is 163 cm³/mol. The molecule has 1 atom stereocenters. The number of ether oxygens (including phenoxy) is 2. The van der Waals surface area contributed by atoms with Gasteiger partial charge in [0, 0.05) is 42.8 Å². The summed E-state index contributed by atoms with van der Waals surface area (Å²) in [5, 5.41) is 3.28. The van der Waals surface area contributed by atoms with Crippen molar-refractivity contribution in [2.75, 3.05) is 49.4 Å². The molecule has 2 heterocycles. The van der Waals surface area contributed by atoms with Crippen molar-refractivity contribution in [2.24, 2.45) is 0 Å². The predicted octanol–water partition coefficient (Wildman–Crippen LogP) is 6.32. The molecule has 1 fully saturated rings. The molecule has 1 N–H and O–H groups in total. The molecule has 4 aromatic rings. The van der Waals surface area contributed by atoms with Crippen LogP contribution in [-0.2, 0) is 0 Å². The third-order valence-corrected chi connectivity index (χ3v) is 7.36. The van der Waals surface area contributed by atoms with Crippen LogP contribution in [0.2, 0.25) is 0 Å². The summed E-state index contributed by atoms with van der Waals surface area (Å²) >= 11 is 0. The van der Waals surface area contributed by atoms with Gasteiger partial charge in [0.05, 0.1) is 12.8 Å². The van der Waals surface area contributed by atoms with Crippen molar-refractivity contribution >= 4 is 34.9 Å².